The molecule has 33 heavy (non-hydrogen) atoms. The SMILES string of the molecule is Cc1cccc(N(C)S(=O)(=O)c2cc(-c3nc(C)c(C(=O)N4CCCCC4)s3)n(C)c2C)c1. The maximum atomic E-state index is 13.5. The van der Waals surface area contributed by atoms with Gasteiger partial charge in [0.05, 0.1) is 17.1 Å². The molecule has 1 amide bonds. The maximum absolute atomic E-state index is 13.5. The molecule has 0 bridgehead atoms. The topological polar surface area (TPSA) is 75.5 Å². The van der Waals surface area contributed by atoms with Crippen LogP contribution in [0.25, 0.3) is 10.7 Å². The molecule has 0 atom stereocenters. The Labute approximate surface area is 199 Å². The van der Waals surface area contributed by atoms with Crippen LogP contribution in [0.1, 0.15) is 45.9 Å². The minimum Gasteiger partial charge on any atom is -0.345 e. The second kappa shape index (κ2) is 8.95. The summed E-state index contributed by atoms with van der Waals surface area (Å²) in [5.74, 6) is 0.0221. The Morgan fingerprint density at radius 3 is 2.45 bits per heavy atom. The van der Waals surface area contributed by atoms with Gasteiger partial charge in [-0.2, -0.15) is 0 Å². The smallest absolute Gasteiger partial charge is 0.265 e. The molecule has 0 spiro atoms. The van der Waals surface area contributed by atoms with Gasteiger partial charge in [-0.05, 0) is 63.8 Å². The minimum atomic E-state index is -3.77. The molecule has 1 aromatic carbocycles. The molecule has 1 aliphatic heterocycles. The van der Waals surface area contributed by atoms with Crippen LogP contribution in [-0.2, 0) is 17.1 Å². The van der Waals surface area contributed by atoms with Crippen LogP contribution in [0.5, 0.6) is 0 Å². The largest absolute Gasteiger partial charge is 0.345 e. The molecule has 0 radical (unpaired) electrons. The van der Waals surface area contributed by atoms with Crippen molar-refractivity contribution in [2.45, 2.75) is 44.9 Å². The second-order valence-corrected chi connectivity index (χ2v) is 11.6. The molecule has 1 aliphatic rings. The van der Waals surface area contributed by atoms with Gasteiger partial charge < -0.3 is 9.47 Å². The van der Waals surface area contributed by atoms with Gasteiger partial charge in [0.1, 0.15) is 14.8 Å². The summed E-state index contributed by atoms with van der Waals surface area (Å²) in [4.78, 5) is 20.5. The molecule has 0 aliphatic carbocycles. The standard InChI is InChI=1S/C24H30N4O3S2/c1-16-10-9-11-19(14-16)27(5)33(30,31)21-15-20(26(4)18(21)3)23-25-17(2)22(32-23)24(29)28-12-7-6-8-13-28/h9-11,14-15H,6-8,12-13H2,1-5H3. The lowest BCUT2D eigenvalue weighted by molar-refractivity contribution is 0.0728. The molecule has 4 rings (SSSR count). The summed E-state index contributed by atoms with van der Waals surface area (Å²) in [7, 11) is -0.371. The van der Waals surface area contributed by atoms with E-state index in [1.165, 1.54) is 15.6 Å². The van der Waals surface area contributed by atoms with Crippen LogP contribution in [0.15, 0.2) is 35.2 Å². The molecular weight excluding hydrogens is 456 g/mol. The molecule has 0 saturated carbocycles. The summed E-state index contributed by atoms with van der Waals surface area (Å²) in [6, 6.07) is 9.08. The van der Waals surface area contributed by atoms with Crippen molar-refractivity contribution in [2.24, 2.45) is 7.05 Å². The monoisotopic (exact) mass is 486 g/mol. The number of thiazole rings is 1. The quantitative estimate of drug-likeness (QED) is 0.531. The summed E-state index contributed by atoms with van der Waals surface area (Å²) in [5, 5.41) is 0.651. The van der Waals surface area contributed by atoms with E-state index in [4.69, 9.17) is 0 Å². The summed E-state index contributed by atoms with van der Waals surface area (Å²) in [6.07, 6.45) is 3.22. The van der Waals surface area contributed by atoms with E-state index in [9.17, 15) is 13.2 Å². The Hall–Kier alpha value is -2.65. The first-order valence-electron chi connectivity index (χ1n) is 11.1. The highest BCUT2D eigenvalue weighted by Gasteiger charge is 2.29. The van der Waals surface area contributed by atoms with E-state index in [0.717, 1.165) is 37.9 Å². The van der Waals surface area contributed by atoms with Crippen LogP contribution in [-0.4, -0.2) is 48.9 Å². The molecule has 1 saturated heterocycles. The van der Waals surface area contributed by atoms with Gasteiger partial charge in [0.25, 0.3) is 15.9 Å². The number of aromatic nitrogens is 2. The zero-order valence-electron chi connectivity index (χ0n) is 19.8. The first-order valence-corrected chi connectivity index (χ1v) is 13.4. The van der Waals surface area contributed by atoms with E-state index >= 15 is 0 Å². The van der Waals surface area contributed by atoms with Crippen molar-refractivity contribution in [3.8, 4) is 10.7 Å². The number of rotatable bonds is 5. The second-order valence-electron chi connectivity index (χ2n) is 8.64. The van der Waals surface area contributed by atoms with Crippen molar-refractivity contribution in [3.63, 3.8) is 0 Å². The Morgan fingerprint density at radius 2 is 1.79 bits per heavy atom. The molecule has 9 heteroatoms. The van der Waals surface area contributed by atoms with Gasteiger partial charge in [-0.25, -0.2) is 13.4 Å². The van der Waals surface area contributed by atoms with Gasteiger partial charge in [-0.15, -0.1) is 11.3 Å². The van der Waals surface area contributed by atoms with Gasteiger partial charge in [0.15, 0.2) is 0 Å². The van der Waals surface area contributed by atoms with Crippen LogP contribution >= 0.6 is 11.3 Å². The van der Waals surface area contributed by atoms with Crippen LogP contribution in [0, 0.1) is 20.8 Å². The highest BCUT2D eigenvalue weighted by Crippen LogP contribution is 2.34. The van der Waals surface area contributed by atoms with Gasteiger partial charge in [0, 0.05) is 32.9 Å². The first kappa shape index (κ1) is 23.5. The van der Waals surface area contributed by atoms with Gasteiger partial charge >= 0.3 is 0 Å². The van der Waals surface area contributed by atoms with Crippen LogP contribution in [0.4, 0.5) is 5.69 Å². The van der Waals surface area contributed by atoms with E-state index in [0.29, 0.717) is 32.7 Å². The molecule has 7 nitrogen and oxygen atoms in total. The summed E-state index contributed by atoms with van der Waals surface area (Å²) >= 11 is 1.34. The molecular formula is C24H30N4O3S2. The number of sulfonamides is 1. The lowest BCUT2D eigenvalue weighted by Crippen LogP contribution is -2.35. The third kappa shape index (κ3) is 4.31. The molecule has 1 fully saturated rings. The summed E-state index contributed by atoms with van der Waals surface area (Å²) in [6.45, 7) is 7.13. The number of hydrogen-bond acceptors (Lipinski definition) is 5. The number of carbonyl (C=O) groups excluding carboxylic acids is 1. The number of anilines is 1. The Kier molecular flexibility index (Phi) is 6.37. The number of hydrogen-bond donors (Lipinski definition) is 0. The third-order valence-corrected chi connectivity index (χ3v) is 9.41. The van der Waals surface area contributed by atoms with E-state index < -0.39 is 10.0 Å². The fourth-order valence-electron chi connectivity index (χ4n) is 4.19. The van der Waals surface area contributed by atoms with Crippen molar-refractivity contribution in [3.05, 3.63) is 52.2 Å². The number of benzene rings is 1. The zero-order valence-corrected chi connectivity index (χ0v) is 21.4. The fourth-order valence-corrected chi connectivity index (χ4v) is 6.74. The van der Waals surface area contributed by atoms with Crippen molar-refractivity contribution in [2.75, 3.05) is 24.4 Å². The number of aryl methyl sites for hydroxylation is 2. The number of amides is 1. The minimum absolute atomic E-state index is 0.0221. The van der Waals surface area contributed by atoms with Crippen molar-refractivity contribution >= 4 is 33.0 Å². The van der Waals surface area contributed by atoms with E-state index in [1.54, 1.807) is 26.1 Å². The zero-order chi connectivity index (χ0) is 23.9. The van der Waals surface area contributed by atoms with Crippen LogP contribution in [0.3, 0.4) is 0 Å². The maximum Gasteiger partial charge on any atom is 0.265 e. The highest BCUT2D eigenvalue weighted by molar-refractivity contribution is 7.92. The third-order valence-electron chi connectivity index (χ3n) is 6.35. The summed E-state index contributed by atoms with van der Waals surface area (Å²) in [5.41, 5.74) is 3.60. The molecule has 0 unspecified atom stereocenters. The average molecular weight is 487 g/mol. The van der Waals surface area contributed by atoms with Crippen LogP contribution < -0.4 is 4.31 Å². The van der Waals surface area contributed by atoms with Gasteiger partial charge in [-0.3, -0.25) is 9.10 Å². The molecule has 2 aromatic heterocycles. The van der Waals surface area contributed by atoms with Crippen molar-refractivity contribution in [1.29, 1.82) is 0 Å². The lowest BCUT2D eigenvalue weighted by Gasteiger charge is -2.26. The number of carbonyl (C=O) groups is 1. The van der Waals surface area contributed by atoms with Gasteiger partial charge in [-0.1, -0.05) is 12.1 Å². The van der Waals surface area contributed by atoms with Crippen molar-refractivity contribution < 1.29 is 13.2 Å². The Balaban J connectivity index is 1.70. The first-order chi connectivity index (χ1) is 15.6. The predicted octanol–water partition coefficient (Wildman–Crippen LogP) is 4.53. The number of nitrogens with zero attached hydrogens (tertiary/aromatic N) is 4. The molecule has 3 heterocycles. The molecule has 176 valence electrons. The highest BCUT2D eigenvalue weighted by atomic mass is 32.2. The van der Waals surface area contributed by atoms with E-state index in [2.05, 4.69) is 4.98 Å². The van der Waals surface area contributed by atoms with E-state index in [1.807, 2.05) is 48.6 Å². The van der Waals surface area contributed by atoms with Gasteiger partial charge in [0.2, 0.25) is 0 Å². The lowest BCUT2D eigenvalue weighted by atomic mass is 10.1. The average Bonchev–Trinajstić information content (AvgIpc) is 3.33. The Morgan fingerprint density at radius 1 is 1.09 bits per heavy atom. The molecule has 0 N–H and O–H groups in total. The van der Waals surface area contributed by atoms with E-state index in [-0.39, 0.29) is 10.8 Å². The van der Waals surface area contributed by atoms with Crippen LogP contribution in [0.2, 0.25) is 0 Å². The fraction of sp³-hybridized carbons (Fsp3) is 0.417. The number of piperidine rings is 1. The normalized spacial score (nSPS) is 14.5. The predicted molar refractivity (Wildman–Crippen MR) is 133 cm³/mol. The number of likely N-dealkylation sites (tertiary alicyclic amines) is 1. The molecule has 3 aromatic rings. The Bertz CT molecular complexity index is 1300. The summed E-state index contributed by atoms with van der Waals surface area (Å²) < 4.78 is 30.1. The van der Waals surface area contributed by atoms with Crippen molar-refractivity contribution in [1.82, 2.24) is 14.5 Å².